The topological polar surface area (TPSA) is 39.4 Å². The first-order chi connectivity index (χ1) is 7.54. The average molecular weight is 248 g/mol. The van der Waals surface area contributed by atoms with Gasteiger partial charge in [-0.3, -0.25) is 0 Å². The molecule has 16 heavy (non-hydrogen) atoms. The molecule has 0 amide bonds. The van der Waals surface area contributed by atoms with Crippen molar-refractivity contribution >= 4 is 17.2 Å². The molecule has 2 aromatic heterocycles. The minimum atomic E-state index is -2.65. The molecule has 86 valence electrons. The summed E-state index contributed by atoms with van der Waals surface area (Å²) in [4.78, 5) is 3.79. The van der Waals surface area contributed by atoms with Crippen molar-refractivity contribution in [2.45, 2.75) is 13.3 Å². The van der Waals surface area contributed by atoms with Crippen LogP contribution in [-0.4, -0.2) is 21.7 Å². The smallest absolute Gasteiger partial charge is 0.282 e. The summed E-state index contributed by atoms with van der Waals surface area (Å²) in [7, 11) is 1.41. The van der Waals surface area contributed by atoms with Crippen molar-refractivity contribution in [3.63, 3.8) is 0 Å². The maximum absolute atomic E-state index is 12.6. The molecule has 0 atom stereocenters. The average Bonchev–Trinajstić information content (AvgIpc) is 2.55. The highest BCUT2D eigenvalue weighted by Crippen LogP contribution is 2.28. The molecule has 0 unspecified atom stereocenters. The van der Waals surface area contributed by atoms with E-state index in [1.54, 1.807) is 0 Å². The Labute approximate surface area is 94.8 Å². The molecule has 2 rings (SSSR count). The number of aryl methyl sites for hydroxylation is 1. The minimum absolute atomic E-state index is 0.158. The van der Waals surface area contributed by atoms with Crippen molar-refractivity contribution in [3.05, 3.63) is 22.6 Å². The van der Waals surface area contributed by atoms with E-state index < -0.39 is 6.43 Å². The number of halogens is 3. The monoisotopic (exact) mass is 247 g/mol. The number of methoxy groups -OCH3 is 1. The van der Waals surface area contributed by atoms with Gasteiger partial charge >= 0.3 is 0 Å². The number of imidazole rings is 1. The zero-order valence-corrected chi connectivity index (χ0v) is 9.29. The highest BCUT2D eigenvalue weighted by molar-refractivity contribution is 6.29. The van der Waals surface area contributed by atoms with Gasteiger partial charge in [0.05, 0.1) is 12.8 Å². The Bertz CT molecular complexity index is 541. The van der Waals surface area contributed by atoms with Crippen LogP contribution >= 0.6 is 11.6 Å². The second-order valence-electron chi connectivity index (χ2n) is 3.15. The van der Waals surface area contributed by atoms with Gasteiger partial charge in [0.25, 0.3) is 6.43 Å². The Morgan fingerprint density at radius 2 is 2.19 bits per heavy atom. The molecular formula is C9H8ClF2N3O. The lowest BCUT2D eigenvalue weighted by Crippen LogP contribution is -1.97. The molecule has 0 aliphatic carbocycles. The molecule has 2 heterocycles. The van der Waals surface area contributed by atoms with Gasteiger partial charge in [0, 0.05) is 6.07 Å². The van der Waals surface area contributed by atoms with Gasteiger partial charge in [-0.15, -0.1) is 0 Å². The quantitative estimate of drug-likeness (QED) is 0.819. The van der Waals surface area contributed by atoms with Crippen molar-refractivity contribution in [2.24, 2.45) is 0 Å². The van der Waals surface area contributed by atoms with Gasteiger partial charge in [0.15, 0.2) is 16.5 Å². The van der Waals surface area contributed by atoms with Gasteiger partial charge in [0.1, 0.15) is 5.69 Å². The standard InChI is InChI=1S/C9H8ClF2N3O/c1-4-7(8(11)12)13-9-5(16-2)3-6(10)14-15(4)9/h3,8H,1-2H3. The fourth-order valence-electron chi connectivity index (χ4n) is 1.45. The molecule has 0 saturated heterocycles. The third-order valence-corrected chi connectivity index (χ3v) is 2.39. The normalized spacial score (nSPS) is 11.4. The maximum Gasteiger partial charge on any atom is 0.282 e. The number of rotatable bonds is 2. The first-order valence-corrected chi connectivity index (χ1v) is 4.80. The van der Waals surface area contributed by atoms with E-state index >= 15 is 0 Å². The maximum atomic E-state index is 12.6. The Kier molecular flexibility index (Phi) is 2.67. The summed E-state index contributed by atoms with van der Waals surface area (Å²) >= 11 is 5.74. The molecule has 0 bridgehead atoms. The molecule has 7 heteroatoms. The first-order valence-electron chi connectivity index (χ1n) is 4.42. The van der Waals surface area contributed by atoms with E-state index in [0.29, 0.717) is 5.75 Å². The second kappa shape index (κ2) is 3.86. The Morgan fingerprint density at radius 1 is 1.50 bits per heavy atom. The summed E-state index contributed by atoms with van der Waals surface area (Å²) in [5.41, 5.74) is 0.179. The van der Waals surface area contributed by atoms with E-state index in [1.807, 2.05) is 0 Å². The third-order valence-electron chi connectivity index (χ3n) is 2.21. The summed E-state index contributed by atoms with van der Waals surface area (Å²) in [5.74, 6) is 0.315. The predicted molar refractivity (Wildman–Crippen MR) is 54.2 cm³/mol. The van der Waals surface area contributed by atoms with Gasteiger partial charge in [-0.25, -0.2) is 18.3 Å². The van der Waals surface area contributed by atoms with E-state index in [0.717, 1.165) is 0 Å². The van der Waals surface area contributed by atoms with Gasteiger partial charge in [-0.05, 0) is 6.92 Å². The summed E-state index contributed by atoms with van der Waals surface area (Å²) in [6.45, 7) is 1.50. The largest absolute Gasteiger partial charge is 0.493 e. The van der Waals surface area contributed by atoms with Crippen molar-refractivity contribution in [3.8, 4) is 5.75 Å². The number of ether oxygens (including phenoxy) is 1. The van der Waals surface area contributed by atoms with Crippen molar-refractivity contribution in [1.29, 1.82) is 0 Å². The summed E-state index contributed by atoms with van der Waals surface area (Å²) in [5, 5.41) is 4.05. The van der Waals surface area contributed by atoms with Crippen LogP contribution in [0.3, 0.4) is 0 Å². The molecule has 2 aromatic rings. The van der Waals surface area contributed by atoms with Crippen LogP contribution in [0.4, 0.5) is 8.78 Å². The summed E-state index contributed by atoms with van der Waals surface area (Å²) < 4.78 is 31.5. The number of nitrogens with zero attached hydrogens (tertiary/aromatic N) is 3. The number of aromatic nitrogens is 3. The zero-order chi connectivity index (χ0) is 11.9. The SMILES string of the molecule is COc1cc(Cl)nn2c(C)c(C(F)F)nc12. The number of fused-ring (bicyclic) bond motifs is 1. The molecule has 0 aromatic carbocycles. The highest BCUT2D eigenvalue weighted by Gasteiger charge is 2.20. The second-order valence-corrected chi connectivity index (χ2v) is 3.54. The molecule has 4 nitrogen and oxygen atoms in total. The highest BCUT2D eigenvalue weighted by atomic mass is 35.5. The van der Waals surface area contributed by atoms with Crippen LogP contribution in [-0.2, 0) is 0 Å². The molecule has 0 spiro atoms. The van der Waals surface area contributed by atoms with Crippen LogP contribution < -0.4 is 4.74 Å². The molecule has 0 N–H and O–H groups in total. The Morgan fingerprint density at radius 3 is 2.75 bits per heavy atom. The predicted octanol–water partition coefficient (Wildman–Crippen LogP) is 2.64. The number of alkyl halides is 2. The van der Waals surface area contributed by atoms with Crippen molar-refractivity contribution in [2.75, 3.05) is 7.11 Å². The summed E-state index contributed by atoms with van der Waals surface area (Å²) in [6.07, 6.45) is -2.65. The Hall–Kier alpha value is -1.43. The van der Waals surface area contributed by atoms with E-state index in [4.69, 9.17) is 16.3 Å². The third kappa shape index (κ3) is 1.59. The van der Waals surface area contributed by atoms with Crippen LogP contribution in [0.2, 0.25) is 5.15 Å². The van der Waals surface area contributed by atoms with Crippen LogP contribution in [0.5, 0.6) is 5.75 Å². The fourth-order valence-corrected chi connectivity index (χ4v) is 1.62. The number of hydrogen-bond donors (Lipinski definition) is 0. The van der Waals surface area contributed by atoms with E-state index in [2.05, 4.69) is 10.1 Å². The van der Waals surface area contributed by atoms with Gasteiger partial charge in [-0.1, -0.05) is 11.6 Å². The van der Waals surface area contributed by atoms with Crippen molar-refractivity contribution in [1.82, 2.24) is 14.6 Å². The minimum Gasteiger partial charge on any atom is -0.493 e. The lowest BCUT2D eigenvalue weighted by Gasteiger charge is -2.02. The van der Waals surface area contributed by atoms with Gasteiger partial charge in [0.2, 0.25) is 0 Å². The first kappa shape index (κ1) is 11.1. The lowest BCUT2D eigenvalue weighted by atomic mass is 10.4. The van der Waals surface area contributed by atoms with E-state index in [1.165, 1.54) is 24.6 Å². The Balaban J connectivity index is 2.80. The van der Waals surface area contributed by atoms with Crippen molar-refractivity contribution < 1.29 is 13.5 Å². The van der Waals surface area contributed by atoms with E-state index in [-0.39, 0.29) is 22.2 Å². The molecular weight excluding hydrogens is 240 g/mol. The lowest BCUT2D eigenvalue weighted by molar-refractivity contribution is 0.146. The molecule has 0 saturated carbocycles. The van der Waals surface area contributed by atoms with E-state index in [9.17, 15) is 8.78 Å². The van der Waals surface area contributed by atoms with Gasteiger partial charge in [-0.2, -0.15) is 5.10 Å². The zero-order valence-electron chi connectivity index (χ0n) is 8.54. The van der Waals surface area contributed by atoms with Gasteiger partial charge < -0.3 is 4.74 Å². The van der Waals surface area contributed by atoms with Crippen LogP contribution in [0, 0.1) is 6.92 Å². The van der Waals surface area contributed by atoms with Crippen LogP contribution in [0.25, 0.3) is 5.65 Å². The molecule has 0 radical (unpaired) electrons. The summed E-state index contributed by atoms with van der Waals surface area (Å²) in [6, 6.07) is 1.43. The molecule has 0 aliphatic heterocycles. The van der Waals surface area contributed by atoms with Crippen LogP contribution in [0.15, 0.2) is 6.07 Å². The van der Waals surface area contributed by atoms with Crippen LogP contribution in [0.1, 0.15) is 17.8 Å². The fraction of sp³-hybridized carbons (Fsp3) is 0.333. The number of hydrogen-bond acceptors (Lipinski definition) is 3. The molecule has 0 aliphatic rings. The molecule has 0 fully saturated rings.